The first-order valence-corrected chi connectivity index (χ1v) is 8.90. The zero-order valence-corrected chi connectivity index (χ0v) is 15.8. The summed E-state index contributed by atoms with van der Waals surface area (Å²) < 4.78 is 5.71. The Bertz CT molecular complexity index is 949. The summed E-state index contributed by atoms with van der Waals surface area (Å²) in [4.78, 5) is 25.5. The molecule has 1 aromatic heterocycles. The van der Waals surface area contributed by atoms with Crippen molar-refractivity contribution < 1.29 is 19.1 Å². The van der Waals surface area contributed by atoms with Gasteiger partial charge in [0.1, 0.15) is 5.76 Å². The van der Waals surface area contributed by atoms with E-state index in [1.54, 1.807) is 42.5 Å². The molecule has 0 aliphatic heterocycles. The molecule has 0 fully saturated rings. The first kappa shape index (κ1) is 19.2. The van der Waals surface area contributed by atoms with Crippen molar-refractivity contribution >= 4 is 17.6 Å². The molecule has 6 nitrogen and oxygen atoms in total. The highest BCUT2D eigenvalue weighted by Gasteiger charge is 2.15. The minimum absolute atomic E-state index is 0.0363. The highest BCUT2D eigenvalue weighted by molar-refractivity contribution is 5.93. The standard InChI is InChI=1S/C22H22N2O4/c1-24(2)18-9-7-16(8-10-18)19-11-12-20(28-19)22(27)23-17-6-4-3-5-15(13-17)14-21(25)26/h3-13,15H,14H2,1-2H3,(H,23,27)(H,25,26). The van der Waals surface area contributed by atoms with Gasteiger partial charge in [0.05, 0.1) is 6.42 Å². The molecule has 1 aliphatic carbocycles. The van der Waals surface area contributed by atoms with Crippen LogP contribution in [0.25, 0.3) is 11.3 Å². The van der Waals surface area contributed by atoms with Gasteiger partial charge < -0.3 is 19.7 Å². The largest absolute Gasteiger partial charge is 0.481 e. The maximum absolute atomic E-state index is 12.5. The second-order valence-electron chi connectivity index (χ2n) is 6.69. The summed E-state index contributed by atoms with van der Waals surface area (Å²) in [6, 6.07) is 11.2. The van der Waals surface area contributed by atoms with Gasteiger partial charge in [-0.15, -0.1) is 0 Å². The molecule has 0 spiro atoms. The number of hydrogen-bond acceptors (Lipinski definition) is 4. The lowest BCUT2D eigenvalue weighted by atomic mass is 10.0. The van der Waals surface area contributed by atoms with Crippen LogP contribution in [0.3, 0.4) is 0 Å². The molecule has 6 heteroatoms. The van der Waals surface area contributed by atoms with E-state index >= 15 is 0 Å². The Balaban J connectivity index is 1.71. The smallest absolute Gasteiger partial charge is 0.304 e. The van der Waals surface area contributed by atoms with Crippen LogP contribution in [-0.2, 0) is 4.79 Å². The van der Waals surface area contributed by atoms with Gasteiger partial charge in [-0.25, -0.2) is 0 Å². The second kappa shape index (κ2) is 8.43. The average Bonchev–Trinajstić information content (AvgIpc) is 3.05. The fraction of sp³-hybridized carbons (Fsp3) is 0.182. The number of allylic oxidation sites excluding steroid dienone is 5. The van der Waals surface area contributed by atoms with Crippen molar-refractivity contribution in [3.8, 4) is 11.3 Å². The van der Waals surface area contributed by atoms with Gasteiger partial charge in [0.2, 0.25) is 0 Å². The summed E-state index contributed by atoms with van der Waals surface area (Å²) >= 11 is 0. The second-order valence-corrected chi connectivity index (χ2v) is 6.69. The number of carboxylic acid groups (broad SMARTS) is 1. The number of carboxylic acids is 1. The van der Waals surface area contributed by atoms with Crippen molar-refractivity contribution in [3.63, 3.8) is 0 Å². The van der Waals surface area contributed by atoms with Gasteiger partial charge >= 0.3 is 5.97 Å². The Labute approximate surface area is 163 Å². The maximum Gasteiger partial charge on any atom is 0.304 e. The van der Waals surface area contributed by atoms with Gasteiger partial charge in [-0.1, -0.05) is 24.3 Å². The number of nitrogens with zero attached hydrogens (tertiary/aromatic N) is 1. The molecule has 0 bridgehead atoms. The van der Waals surface area contributed by atoms with Crippen LogP contribution in [0.1, 0.15) is 17.0 Å². The van der Waals surface area contributed by atoms with E-state index in [4.69, 9.17) is 9.52 Å². The lowest BCUT2D eigenvalue weighted by molar-refractivity contribution is -0.137. The number of aliphatic carboxylic acids is 1. The van der Waals surface area contributed by atoms with Crippen molar-refractivity contribution in [1.82, 2.24) is 5.32 Å². The zero-order valence-electron chi connectivity index (χ0n) is 15.8. The predicted molar refractivity (Wildman–Crippen MR) is 108 cm³/mol. The highest BCUT2D eigenvalue weighted by atomic mass is 16.4. The van der Waals surface area contributed by atoms with Crippen LogP contribution in [0.5, 0.6) is 0 Å². The van der Waals surface area contributed by atoms with Gasteiger partial charge in [0.25, 0.3) is 5.91 Å². The number of rotatable bonds is 6. The number of carbonyl (C=O) groups excluding carboxylic acids is 1. The molecular formula is C22H22N2O4. The van der Waals surface area contributed by atoms with Crippen LogP contribution in [0.2, 0.25) is 0 Å². The van der Waals surface area contributed by atoms with E-state index in [1.807, 2.05) is 43.3 Å². The molecule has 1 atom stereocenters. The molecule has 1 amide bonds. The quantitative estimate of drug-likeness (QED) is 0.798. The summed E-state index contributed by atoms with van der Waals surface area (Å²) in [6.07, 6.45) is 8.72. The van der Waals surface area contributed by atoms with E-state index < -0.39 is 5.97 Å². The number of carbonyl (C=O) groups is 2. The zero-order chi connectivity index (χ0) is 20.1. The summed E-state index contributed by atoms with van der Waals surface area (Å²) in [5.74, 6) is -0.776. The average molecular weight is 378 g/mol. The molecule has 0 radical (unpaired) electrons. The third kappa shape index (κ3) is 4.79. The van der Waals surface area contributed by atoms with Gasteiger partial charge in [0, 0.05) is 37.0 Å². The number of furan rings is 1. The van der Waals surface area contributed by atoms with Crippen LogP contribution in [0, 0.1) is 5.92 Å². The Morgan fingerprint density at radius 1 is 1.11 bits per heavy atom. The van der Waals surface area contributed by atoms with E-state index in [2.05, 4.69) is 5.32 Å². The number of hydrogen-bond donors (Lipinski definition) is 2. The van der Waals surface area contributed by atoms with Crippen LogP contribution in [-0.4, -0.2) is 31.1 Å². The Morgan fingerprint density at radius 2 is 1.86 bits per heavy atom. The Hall–Kier alpha value is -3.54. The topological polar surface area (TPSA) is 82.8 Å². The van der Waals surface area contributed by atoms with Gasteiger partial charge in [-0.05, 0) is 42.5 Å². The number of amides is 1. The third-order valence-corrected chi connectivity index (χ3v) is 4.31. The van der Waals surface area contributed by atoms with Crippen molar-refractivity contribution in [2.75, 3.05) is 19.0 Å². The fourth-order valence-corrected chi connectivity index (χ4v) is 2.85. The molecule has 2 aromatic rings. The molecule has 1 aliphatic rings. The van der Waals surface area contributed by atoms with Crippen LogP contribution in [0.4, 0.5) is 5.69 Å². The minimum Gasteiger partial charge on any atom is -0.481 e. The van der Waals surface area contributed by atoms with Gasteiger partial charge in [-0.3, -0.25) is 9.59 Å². The molecular weight excluding hydrogens is 356 g/mol. The molecule has 28 heavy (non-hydrogen) atoms. The van der Waals surface area contributed by atoms with E-state index in [-0.39, 0.29) is 24.0 Å². The normalized spacial score (nSPS) is 15.6. The fourth-order valence-electron chi connectivity index (χ4n) is 2.85. The number of anilines is 1. The first-order valence-electron chi connectivity index (χ1n) is 8.90. The molecule has 1 aromatic carbocycles. The maximum atomic E-state index is 12.5. The van der Waals surface area contributed by atoms with Gasteiger partial charge in [-0.2, -0.15) is 0 Å². The molecule has 0 saturated carbocycles. The summed E-state index contributed by atoms with van der Waals surface area (Å²) in [5.41, 5.74) is 2.49. The Morgan fingerprint density at radius 3 is 2.54 bits per heavy atom. The first-order chi connectivity index (χ1) is 13.4. The molecule has 1 unspecified atom stereocenters. The van der Waals surface area contributed by atoms with Crippen molar-refractivity contribution in [1.29, 1.82) is 0 Å². The number of benzene rings is 1. The van der Waals surface area contributed by atoms with Crippen LogP contribution < -0.4 is 10.2 Å². The van der Waals surface area contributed by atoms with Gasteiger partial charge in [0.15, 0.2) is 5.76 Å². The van der Waals surface area contributed by atoms with Crippen molar-refractivity contribution in [2.24, 2.45) is 5.92 Å². The SMILES string of the molecule is CN(C)c1ccc(-c2ccc(C(=O)NC3=CC(CC(=O)O)C=CC=C3)o2)cc1. The summed E-state index contributed by atoms with van der Waals surface area (Å²) in [5, 5.41) is 11.7. The van der Waals surface area contributed by atoms with E-state index in [1.165, 1.54) is 0 Å². The molecule has 144 valence electrons. The molecule has 0 saturated heterocycles. The lowest BCUT2D eigenvalue weighted by Crippen LogP contribution is -2.22. The van der Waals surface area contributed by atoms with Crippen molar-refractivity contribution in [2.45, 2.75) is 6.42 Å². The summed E-state index contributed by atoms with van der Waals surface area (Å²) in [6.45, 7) is 0. The van der Waals surface area contributed by atoms with E-state index in [0.717, 1.165) is 11.3 Å². The Kier molecular flexibility index (Phi) is 5.79. The highest BCUT2D eigenvalue weighted by Crippen LogP contribution is 2.25. The van der Waals surface area contributed by atoms with E-state index in [0.29, 0.717) is 11.5 Å². The van der Waals surface area contributed by atoms with Crippen LogP contribution >= 0.6 is 0 Å². The molecule has 3 rings (SSSR count). The molecule has 1 heterocycles. The lowest BCUT2D eigenvalue weighted by Gasteiger charge is -2.12. The molecule has 2 N–H and O–H groups in total. The van der Waals surface area contributed by atoms with Crippen molar-refractivity contribution in [3.05, 3.63) is 78.2 Å². The van der Waals surface area contributed by atoms with E-state index in [9.17, 15) is 9.59 Å². The monoisotopic (exact) mass is 378 g/mol. The summed E-state index contributed by atoms with van der Waals surface area (Å²) in [7, 11) is 3.94. The minimum atomic E-state index is -0.894. The number of nitrogens with one attached hydrogen (secondary N) is 1. The van der Waals surface area contributed by atoms with Crippen LogP contribution in [0.15, 0.2) is 76.9 Å². The third-order valence-electron chi connectivity index (χ3n) is 4.31. The predicted octanol–water partition coefficient (Wildman–Crippen LogP) is 3.84.